The van der Waals surface area contributed by atoms with E-state index in [2.05, 4.69) is 14.8 Å². The Balaban J connectivity index is 0.000000564. The number of alkyl halides is 6. The number of fused-ring (bicyclic) bond motifs is 1. The highest BCUT2D eigenvalue weighted by molar-refractivity contribution is 7.16. The first-order valence-corrected chi connectivity index (χ1v) is 17.1. The van der Waals surface area contributed by atoms with Crippen LogP contribution in [0.1, 0.15) is 56.1 Å². The number of nitrogens with one attached hydrogen (secondary N) is 1. The number of carbonyl (C=O) groups excluding carboxylic acids is 1. The standard InChI is InChI=1S/C29H40N4O4S.2C2HF3O2/c30-26(36)14-16-32(15-12-21-6-5-9-24(34)20-21)18-19-33(23-7-3-1-2-4-8-23)17-13-22-10-11-25(35)27-28(22)38-29(37)31-27;2*3-2(4,5)1(6)7/h5-6,9-11,20,23,34-35H,1-4,7-8,12-19H2,(H2,30,36)(H,31,37);2*(H,6,7). The van der Waals surface area contributed by atoms with Crippen LogP contribution < -0.4 is 10.6 Å². The number of phenols is 2. The maximum atomic E-state index is 12.0. The number of aliphatic carboxylic acids is 2. The highest BCUT2D eigenvalue weighted by atomic mass is 32.1. The normalized spacial score (nSPS) is 13.9. The number of aromatic hydroxyl groups is 2. The monoisotopic (exact) mass is 768 g/mol. The highest BCUT2D eigenvalue weighted by Gasteiger charge is 2.39. The molecule has 1 aliphatic carbocycles. The van der Waals surface area contributed by atoms with Crippen LogP contribution in [0.25, 0.3) is 10.2 Å². The molecule has 0 aliphatic heterocycles. The zero-order chi connectivity index (χ0) is 39.1. The molecule has 7 N–H and O–H groups in total. The number of amides is 1. The summed E-state index contributed by atoms with van der Waals surface area (Å²) in [5.41, 5.74) is 8.15. The quantitative estimate of drug-likeness (QED) is 0.0987. The summed E-state index contributed by atoms with van der Waals surface area (Å²) in [6, 6.07) is 11.4. The van der Waals surface area contributed by atoms with Crippen LogP contribution in [0.3, 0.4) is 0 Å². The van der Waals surface area contributed by atoms with E-state index in [4.69, 9.17) is 25.5 Å². The second-order valence-corrected chi connectivity index (χ2v) is 13.0. The Labute approximate surface area is 298 Å². The van der Waals surface area contributed by atoms with Crippen molar-refractivity contribution in [2.75, 3.05) is 32.7 Å². The molecule has 1 amide bonds. The number of rotatable bonds is 13. The molecule has 19 heteroatoms. The third-order valence-electron chi connectivity index (χ3n) is 8.14. The number of carboxylic acid groups (broad SMARTS) is 2. The van der Waals surface area contributed by atoms with Crippen molar-refractivity contribution in [3.8, 4) is 11.5 Å². The molecule has 0 saturated heterocycles. The fourth-order valence-corrected chi connectivity index (χ4v) is 6.40. The van der Waals surface area contributed by atoms with Gasteiger partial charge in [-0.1, -0.05) is 55.2 Å². The molecule has 1 aliphatic rings. The van der Waals surface area contributed by atoms with Crippen molar-refractivity contribution in [2.24, 2.45) is 5.73 Å². The predicted octanol–water partition coefficient (Wildman–Crippen LogP) is 5.25. The summed E-state index contributed by atoms with van der Waals surface area (Å²) in [5, 5.41) is 34.2. The number of primary amides is 1. The molecular formula is C33H42F6N4O8S. The first-order valence-electron chi connectivity index (χ1n) is 16.2. The summed E-state index contributed by atoms with van der Waals surface area (Å²) in [6.07, 6.45) is -0.828. The Morgan fingerprint density at radius 1 is 0.827 bits per heavy atom. The summed E-state index contributed by atoms with van der Waals surface area (Å²) in [7, 11) is 0. The number of benzene rings is 2. The van der Waals surface area contributed by atoms with Crippen LogP contribution in [-0.2, 0) is 27.2 Å². The van der Waals surface area contributed by atoms with Crippen molar-refractivity contribution >= 4 is 39.4 Å². The number of carboxylic acids is 2. The number of hydrogen-bond donors (Lipinski definition) is 6. The number of halogens is 6. The minimum Gasteiger partial charge on any atom is -0.508 e. The lowest BCUT2D eigenvalue weighted by Gasteiger charge is -2.33. The molecule has 52 heavy (non-hydrogen) atoms. The molecule has 1 heterocycles. The minimum atomic E-state index is -5.08. The topological polar surface area (TPSA) is 197 Å². The smallest absolute Gasteiger partial charge is 0.490 e. The van der Waals surface area contributed by atoms with Gasteiger partial charge in [0.1, 0.15) is 17.0 Å². The van der Waals surface area contributed by atoms with Crippen molar-refractivity contribution in [2.45, 2.75) is 76.2 Å². The van der Waals surface area contributed by atoms with Crippen molar-refractivity contribution < 1.29 is 61.2 Å². The van der Waals surface area contributed by atoms with Gasteiger partial charge >= 0.3 is 29.2 Å². The van der Waals surface area contributed by atoms with E-state index in [1.54, 1.807) is 18.2 Å². The largest absolute Gasteiger partial charge is 0.508 e. The van der Waals surface area contributed by atoms with Gasteiger partial charge in [0.2, 0.25) is 5.91 Å². The van der Waals surface area contributed by atoms with Gasteiger partial charge in [-0.15, -0.1) is 0 Å². The molecule has 3 aromatic rings. The van der Waals surface area contributed by atoms with Crippen LogP contribution in [0.4, 0.5) is 26.3 Å². The van der Waals surface area contributed by atoms with E-state index >= 15 is 0 Å². The molecule has 1 aromatic heterocycles. The maximum Gasteiger partial charge on any atom is 0.490 e. The van der Waals surface area contributed by atoms with Crippen molar-refractivity contribution in [1.29, 1.82) is 0 Å². The Hall–Kier alpha value is -4.36. The molecule has 0 spiro atoms. The average Bonchev–Trinajstić information content (AvgIpc) is 3.26. The number of aromatic amines is 1. The Kier molecular flexibility index (Phi) is 17.4. The third-order valence-corrected chi connectivity index (χ3v) is 9.10. The highest BCUT2D eigenvalue weighted by Crippen LogP contribution is 2.29. The lowest BCUT2D eigenvalue weighted by molar-refractivity contribution is -0.193. The minimum absolute atomic E-state index is 0.111. The Morgan fingerprint density at radius 2 is 1.42 bits per heavy atom. The van der Waals surface area contributed by atoms with Crippen LogP contribution in [0.2, 0.25) is 0 Å². The zero-order valence-corrected chi connectivity index (χ0v) is 28.8. The van der Waals surface area contributed by atoms with E-state index in [0.29, 0.717) is 24.5 Å². The van der Waals surface area contributed by atoms with Crippen molar-refractivity contribution in [1.82, 2.24) is 14.8 Å². The Bertz CT molecular complexity index is 1630. The lowest BCUT2D eigenvalue weighted by Crippen LogP contribution is -2.43. The van der Waals surface area contributed by atoms with Gasteiger partial charge in [-0.2, -0.15) is 26.3 Å². The summed E-state index contributed by atoms with van der Waals surface area (Å²) in [5.74, 6) is -5.43. The summed E-state index contributed by atoms with van der Waals surface area (Å²) in [4.78, 5) is 48.8. The summed E-state index contributed by atoms with van der Waals surface area (Å²) < 4.78 is 64.3. The maximum absolute atomic E-state index is 12.0. The fraction of sp³-hybridized carbons (Fsp3) is 0.515. The number of aromatic nitrogens is 1. The molecule has 1 saturated carbocycles. The lowest BCUT2D eigenvalue weighted by atomic mass is 10.0. The second kappa shape index (κ2) is 20.6. The van der Waals surface area contributed by atoms with Crippen molar-refractivity contribution in [3.05, 3.63) is 57.2 Å². The number of phenolic OH excluding ortho intramolecular Hbond substituents is 2. The molecule has 0 bridgehead atoms. The van der Waals surface area contributed by atoms with E-state index in [1.807, 2.05) is 18.2 Å². The van der Waals surface area contributed by atoms with Crippen LogP contribution in [-0.4, -0.2) is 104 Å². The molecule has 12 nitrogen and oxygen atoms in total. The fourth-order valence-electron chi connectivity index (χ4n) is 5.51. The third kappa shape index (κ3) is 15.9. The molecule has 0 radical (unpaired) electrons. The second-order valence-electron chi connectivity index (χ2n) is 12.0. The van der Waals surface area contributed by atoms with E-state index < -0.39 is 24.3 Å². The summed E-state index contributed by atoms with van der Waals surface area (Å²) in [6.45, 7) is 3.97. The van der Waals surface area contributed by atoms with Gasteiger partial charge in [0.15, 0.2) is 0 Å². The molecular weight excluding hydrogens is 726 g/mol. The predicted molar refractivity (Wildman–Crippen MR) is 180 cm³/mol. The summed E-state index contributed by atoms with van der Waals surface area (Å²) >= 11 is 1.16. The number of thiazole rings is 1. The number of nitrogens with two attached hydrogens (primary N) is 1. The van der Waals surface area contributed by atoms with E-state index in [0.717, 1.165) is 66.2 Å². The van der Waals surface area contributed by atoms with Gasteiger partial charge < -0.3 is 36.0 Å². The number of hydrogen-bond acceptors (Lipinski definition) is 9. The molecule has 290 valence electrons. The average molecular weight is 769 g/mol. The van der Waals surface area contributed by atoms with Gasteiger partial charge in [0.25, 0.3) is 0 Å². The number of carbonyl (C=O) groups is 3. The van der Waals surface area contributed by atoms with Gasteiger partial charge in [0, 0.05) is 45.2 Å². The van der Waals surface area contributed by atoms with Crippen LogP contribution in [0.15, 0.2) is 41.2 Å². The SMILES string of the molecule is NC(=O)CCN(CCc1cccc(O)c1)CCN(CCc1ccc(O)c2[nH]c(=O)sc12)C1CCCCCC1.O=C(O)C(F)(F)F.O=C(O)C(F)(F)F. The van der Waals surface area contributed by atoms with Gasteiger partial charge in [-0.25, -0.2) is 9.59 Å². The molecule has 1 fully saturated rings. The number of nitrogens with zero attached hydrogens (tertiary/aromatic N) is 2. The Morgan fingerprint density at radius 3 is 1.96 bits per heavy atom. The molecule has 0 unspecified atom stereocenters. The van der Waals surface area contributed by atoms with Crippen molar-refractivity contribution in [3.63, 3.8) is 0 Å². The van der Waals surface area contributed by atoms with Crippen LogP contribution >= 0.6 is 11.3 Å². The number of H-pyrrole nitrogens is 1. The first-order chi connectivity index (χ1) is 24.3. The van der Waals surface area contributed by atoms with E-state index in [9.17, 15) is 46.1 Å². The van der Waals surface area contributed by atoms with Gasteiger partial charge in [0.05, 0.1) is 4.70 Å². The first kappa shape index (κ1) is 43.8. The van der Waals surface area contributed by atoms with Crippen LogP contribution in [0, 0.1) is 0 Å². The molecule has 4 rings (SSSR count). The van der Waals surface area contributed by atoms with E-state index in [1.165, 1.54) is 38.5 Å². The molecule has 2 aromatic carbocycles. The van der Waals surface area contributed by atoms with E-state index in [-0.39, 0.29) is 22.3 Å². The zero-order valence-electron chi connectivity index (χ0n) is 28.0. The van der Waals surface area contributed by atoms with Gasteiger partial charge in [-0.3, -0.25) is 14.5 Å². The van der Waals surface area contributed by atoms with Crippen LogP contribution in [0.5, 0.6) is 11.5 Å². The molecule has 0 atom stereocenters. The van der Waals surface area contributed by atoms with Gasteiger partial charge in [-0.05, 0) is 55.0 Å².